The first-order chi connectivity index (χ1) is 14.1. The Morgan fingerprint density at radius 1 is 1.21 bits per heavy atom. The Balaban J connectivity index is 1.89. The Morgan fingerprint density at radius 3 is 2.86 bits per heavy atom. The summed E-state index contributed by atoms with van der Waals surface area (Å²) in [7, 11) is 1.66. The maximum Gasteiger partial charge on any atom is 0.354 e. The van der Waals surface area contributed by atoms with E-state index in [-0.39, 0.29) is 11.8 Å². The van der Waals surface area contributed by atoms with Gasteiger partial charge in [0, 0.05) is 11.9 Å². The number of carbonyl (C=O) groups excluding carboxylic acids is 1. The van der Waals surface area contributed by atoms with Crippen molar-refractivity contribution in [2.24, 2.45) is 0 Å². The van der Waals surface area contributed by atoms with Gasteiger partial charge in [-0.25, -0.2) is 9.18 Å². The Kier molecular flexibility index (Phi) is 5.56. The summed E-state index contributed by atoms with van der Waals surface area (Å²) in [6.45, 7) is 2.65. The lowest BCUT2D eigenvalue weighted by atomic mass is 10.0. The first-order valence-corrected chi connectivity index (χ1v) is 10.2. The van der Waals surface area contributed by atoms with Gasteiger partial charge in [-0.15, -0.1) is 0 Å². The summed E-state index contributed by atoms with van der Waals surface area (Å²) in [5.74, 6) is 0.184. The number of hydrogen-bond donors (Lipinski definition) is 0. The third-order valence-corrected chi connectivity index (χ3v) is 5.67. The normalized spacial score (nSPS) is 20.8. The van der Waals surface area contributed by atoms with Crippen LogP contribution in [0.2, 0.25) is 0 Å². The molecule has 0 N–H and O–H groups in total. The predicted molar refractivity (Wildman–Crippen MR) is 112 cm³/mol. The molecule has 0 saturated heterocycles. The SMILES string of the molecule is CCOC(=O)c1cc2c(OC)cc3c(c2n1C/C1=C/C=C(F)\C=C/CC1)CCC3. The number of halogens is 1. The fourth-order valence-electron chi connectivity index (χ4n) is 4.34. The number of carbonyl (C=O) groups is 1. The Morgan fingerprint density at radius 2 is 2.07 bits per heavy atom. The molecule has 0 saturated carbocycles. The quantitative estimate of drug-likeness (QED) is 0.633. The van der Waals surface area contributed by atoms with Gasteiger partial charge >= 0.3 is 5.97 Å². The second-order valence-corrected chi connectivity index (χ2v) is 7.49. The molecule has 0 spiro atoms. The first kappa shape index (κ1) is 19.5. The third kappa shape index (κ3) is 3.74. The zero-order valence-electron chi connectivity index (χ0n) is 17.0. The van der Waals surface area contributed by atoms with Gasteiger partial charge in [-0.05, 0) is 74.4 Å². The van der Waals surface area contributed by atoms with E-state index in [1.54, 1.807) is 14.0 Å². The lowest BCUT2D eigenvalue weighted by Gasteiger charge is -2.16. The van der Waals surface area contributed by atoms with E-state index < -0.39 is 0 Å². The molecular formula is C24H26FNO3. The smallest absolute Gasteiger partial charge is 0.354 e. The van der Waals surface area contributed by atoms with Crippen molar-refractivity contribution in [3.63, 3.8) is 0 Å². The lowest BCUT2D eigenvalue weighted by molar-refractivity contribution is 0.0515. The molecule has 0 radical (unpaired) electrons. The summed E-state index contributed by atoms with van der Waals surface area (Å²) < 4.78 is 26.8. The molecule has 1 aromatic heterocycles. The highest BCUT2D eigenvalue weighted by Gasteiger charge is 2.25. The fourth-order valence-corrected chi connectivity index (χ4v) is 4.34. The van der Waals surface area contributed by atoms with Crippen LogP contribution >= 0.6 is 0 Å². The number of methoxy groups -OCH3 is 1. The van der Waals surface area contributed by atoms with E-state index in [1.807, 2.05) is 22.8 Å². The van der Waals surface area contributed by atoms with Crippen molar-refractivity contribution in [1.82, 2.24) is 4.57 Å². The van der Waals surface area contributed by atoms with Crippen molar-refractivity contribution in [2.75, 3.05) is 13.7 Å². The van der Waals surface area contributed by atoms with Crippen LogP contribution in [0.3, 0.4) is 0 Å². The summed E-state index contributed by atoms with van der Waals surface area (Å²) in [5.41, 5.74) is 5.20. The summed E-state index contributed by atoms with van der Waals surface area (Å²) in [5, 5.41) is 0.935. The molecule has 152 valence electrons. The fraction of sp³-hybridized carbons (Fsp3) is 0.375. The Labute approximate surface area is 170 Å². The van der Waals surface area contributed by atoms with Crippen molar-refractivity contribution in [3.05, 3.63) is 64.7 Å². The van der Waals surface area contributed by atoms with Crippen LogP contribution in [-0.4, -0.2) is 24.3 Å². The maximum atomic E-state index is 13.7. The number of rotatable bonds is 5. The molecule has 0 bridgehead atoms. The van der Waals surface area contributed by atoms with Gasteiger partial charge in [-0.3, -0.25) is 0 Å². The highest BCUT2D eigenvalue weighted by molar-refractivity contribution is 6.00. The van der Waals surface area contributed by atoms with Crippen molar-refractivity contribution >= 4 is 16.9 Å². The minimum atomic E-state index is -0.342. The number of aryl methyl sites for hydroxylation is 2. The highest BCUT2D eigenvalue weighted by Crippen LogP contribution is 2.39. The van der Waals surface area contributed by atoms with Crippen molar-refractivity contribution in [2.45, 2.75) is 45.6 Å². The molecule has 1 heterocycles. The van der Waals surface area contributed by atoms with Crippen LogP contribution in [0.1, 0.15) is 47.8 Å². The second kappa shape index (κ2) is 8.27. The molecule has 4 nitrogen and oxygen atoms in total. The van der Waals surface area contributed by atoms with Crippen LogP contribution in [0.5, 0.6) is 5.75 Å². The number of hydrogen-bond acceptors (Lipinski definition) is 3. The van der Waals surface area contributed by atoms with E-state index in [0.717, 1.165) is 54.3 Å². The van der Waals surface area contributed by atoms with Crippen LogP contribution < -0.4 is 4.74 Å². The number of ether oxygens (including phenoxy) is 2. The van der Waals surface area contributed by atoms with E-state index in [1.165, 1.54) is 23.3 Å². The largest absolute Gasteiger partial charge is 0.496 e. The van der Waals surface area contributed by atoms with Crippen molar-refractivity contribution in [3.8, 4) is 5.75 Å². The number of allylic oxidation sites excluding steroid dienone is 6. The summed E-state index contributed by atoms with van der Waals surface area (Å²) in [6, 6.07) is 3.98. The van der Waals surface area contributed by atoms with Crippen molar-refractivity contribution < 1.29 is 18.7 Å². The van der Waals surface area contributed by atoms with Crippen LogP contribution in [0.15, 0.2) is 47.8 Å². The van der Waals surface area contributed by atoms with Gasteiger partial charge in [-0.2, -0.15) is 0 Å². The summed E-state index contributed by atoms with van der Waals surface area (Å²) >= 11 is 0. The highest BCUT2D eigenvalue weighted by atomic mass is 19.1. The van der Waals surface area contributed by atoms with Crippen LogP contribution in [-0.2, 0) is 24.1 Å². The van der Waals surface area contributed by atoms with Gasteiger partial charge in [0.15, 0.2) is 0 Å². The first-order valence-electron chi connectivity index (χ1n) is 10.2. The molecule has 0 unspecified atom stereocenters. The van der Waals surface area contributed by atoms with E-state index in [0.29, 0.717) is 18.8 Å². The average molecular weight is 395 g/mol. The van der Waals surface area contributed by atoms with E-state index in [4.69, 9.17) is 9.47 Å². The summed E-state index contributed by atoms with van der Waals surface area (Å²) in [4.78, 5) is 12.8. The number of aromatic nitrogens is 1. The standard InChI is InChI=1S/C24H26FNO3/c1-3-29-24(27)21-14-20-22(28-2)13-17-8-6-10-19(17)23(20)26(21)15-16-7-4-5-9-18(25)12-11-16/h5,9,11-14H,3-4,6-8,10,15H2,1-2H3/b9-5-,16-11+,18-12+. The molecular weight excluding hydrogens is 369 g/mol. The van der Waals surface area contributed by atoms with Crippen LogP contribution in [0, 0.1) is 0 Å². The predicted octanol–water partition coefficient (Wildman–Crippen LogP) is 5.45. The molecule has 2 aliphatic carbocycles. The van der Waals surface area contributed by atoms with E-state index >= 15 is 0 Å². The van der Waals surface area contributed by atoms with Gasteiger partial charge in [0.05, 0.1) is 19.2 Å². The zero-order valence-corrected chi connectivity index (χ0v) is 17.0. The van der Waals surface area contributed by atoms with E-state index in [9.17, 15) is 9.18 Å². The maximum absolute atomic E-state index is 13.7. The molecule has 0 amide bonds. The number of esters is 1. The molecule has 2 aliphatic rings. The minimum absolute atomic E-state index is 0.257. The molecule has 29 heavy (non-hydrogen) atoms. The topological polar surface area (TPSA) is 40.5 Å². The Bertz CT molecular complexity index is 1040. The molecule has 1 aromatic carbocycles. The lowest BCUT2D eigenvalue weighted by Crippen LogP contribution is -2.14. The molecule has 4 rings (SSSR count). The van der Waals surface area contributed by atoms with E-state index in [2.05, 4.69) is 6.07 Å². The molecule has 0 atom stereocenters. The minimum Gasteiger partial charge on any atom is -0.496 e. The number of benzene rings is 1. The molecule has 2 aromatic rings. The second-order valence-electron chi connectivity index (χ2n) is 7.49. The Hall–Kier alpha value is -2.82. The molecule has 0 fully saturated rings. The van der Waals surface area contributed by atoms with Gasteiger partial charge in [0.2, 0.25) is 0 Å². The van der Waals surface area contributed by atoms with Gasteiger partial charge in [0.1, 0.15) is 17.3 Å². The van der Waals surface area contributed by atoms with Gasteiger partial charge < -0.3 is 14.0 Å². The zero-order chi connectivity index (χ0) is 20.4. The number of nitrogens with zero attached hydrogens (tertiary/aromatic N) is 1. The summed E-state index contributed by atoms with van der Waals surface area (Å²) in [6.07, 6.45) is 11.3. The molecule has 5 heteroatoms. The number of fused-ring (bicyclic) bond motifs is 3. The monoisotopic (exact) mass is 395 g/mol. The average Bonchev–Trinajstić information content (AvgIpc) is 3.31. The van der Waals surface area contributed by atoms with Gasteiger partial charge in [-0.1, -0.05) is 17.7 Å². The van der Waals surface area contributed by atoms with Crippen LogP contribution in [0.4, 0.5) is 4.39 Å². The van der Waals surface area contributed by atoms with Crippen LogP contribution in [0.25, 0.3) is 10.9 Å². The third-order valence-electron chi connectivity index (χ3n) is 5.67. The molecule has 0 aliphatic heterocycles. The van der Waals surface area contributed by atoms with Gasteiger partial charge in [0.25, 0.3) is 0 Å². The van der Waals surface area contributed by atoms with Crippen molar-refractivity contribution in [1.29, 1.82) is 0 Å².